The maximum atomic E-state index is 12.7. The van der Waals surface area contributed by atoms with Crippen molar-refractivity contribution in [3.63, 3.8) is 0 Å². The largest absolute Gasteiger partial charge is 0.354 e. The van der Waals surface area contributed by atoms with Gasteiger partial charge in [0.2, 0.25) is 5.91 Å². The first-order valence-corrected chi connectivity index (χ1v) is 11.1. The number of carbonyl (C=O) groups is 2. The Bertz CT molecular complexity index is 913. The molecule has 1 aromatic heterocycles. The molecule has 7 nitrogen and oxygen atoms in total. The first-order chi connectivity index (χ1) is 14.4. The average Bonchev–Trinajstić information content (AvgIpc) is 2.92. The molecular formula is C21H27Cl2N5O2. The van der Waals surface area contributed by atoms with E-state index in [9.17, 15) is 9.59 Å². The number of aromatic nitrogens is 3. The highest BCUT2D eigenvalue weighted by molar-refractivity contribution is 6.36. The number of nitrogens with one attached hydrogen (secondary N) is 2. The Morgan fingerprint density at radius 2 is 1.97 bits per heavy atom. The topological polar surface area (TPSA) is 88.9 Å². The summed E-state index contributed by atoms with van der Waals surface area (Å²) in [5, 5.41) is 15.0. The zero-order chi connectivity index (χ0) is 21.7. The van der Waals surface area contributed by atoms with E-state index in [1.54, 1.807) is 12.1 Å². The molecule has 0 saturated carbocycles. The van der Waals surface area contributed by atoms with Gasteiger partial charge in [-0.3, -0.25) is 9.59 Å². The summed E-state index contributed by atoms with van der Waals surface area (Å²) in [6, 6.07) is 3.96. The number of nitrogens with zero attached hydrogens (tertiary/aromatic N) is 3. The van der Waals surface area contributed by atoms with Crippen molar-refractivity contribution in [2.24, 2.45) is 5.92 Å². The van der Waals surface area contributed by atoms with Crippen LogP contribution in [-0.4, -0.2) is 39.2 Å². The van der Waals surface area contributed by atoms with Gasteiger partial charge in [-0.15, -0.1) is 10.2 Å². The molecule has 1 aliphatic heterocycles. The molecule has 1 atom stereocenters. The molecule has 2 N–H and O–H groups in total. The molecule has 2 amide bonds. The van der Waals surface area contributed by atoms with E-state index in [0.29, 0.717) is 18.0 Å². The van der Waals surface area contributed by atoms with Gasteiger partial charge in [-0.05, 0) is 37.0 Å². The highest BCUT2D eigenvalue weighted by Crippen LogP contribution is 2.21. The highest BCUT2D eigenvalue weighted by atomic mass is 35.5. The van der Waals surface area contributed by atoms with Crippen LogP contribution in [0.5, 0.6) is 0 Å². The van der Waals surface area contributed by atoms with E-state index in [1.165, 1.54) is 12.5 Å². The molecule has 1 aromatic carbocycles. The smallest absolute Gasteiger partial charge is 0.253 e. The molecule has 0 fully saturated rings. The van der Waals surface area contributed by atoms with Crippen LogP contribution in [0.4, 0.5) is 0 Å². The van der Waals surface area contributed by atoms with Gasteiger partial charge >= 0.3 is 0 Å². The maximum absolute atomic E-state index is 12.7. The van der Waals surface area contributed by atoms with Gasteiger partial charge in [0, 0.05) is 31.0 Å². The Hall–Kier alpha value is -2.12. The van der Waals surface area contributed by atoms with Gasteiger partial charge in [0.25, 0.3) is 5.91 Å². The number of rotatable bonds is 7. The number of aryl methyl sites for hydroxylation is 1. The van der Waals surface area contributed by atoms with Crippen molar-refractivity contribution in [1.82, 2.24) is 25.4 Å². The van der Waals surface area contributed by atoms with E-state index in [2.05, 4.69) is 25.4 Å². The van der Waals surface area contributed by atoms with E-state index in [1.807, 2.05) is 13.8 Å². The lowest BCUT2D eigenvalue weighted by Crippen LogP contribution is -2.50. The second-order valence-electron chi connectivity index (χ2n) is 7.86. The molecule has 1 unspecified atom stereocenters. The van der Waals surface area contributed by atoms with Gasteiger partial charge in [-0.1, -0.05) is 43.5 Å². The molecule has 30 heavy (non-hydrogen) atoms. The Kier molecular flexibility index (Phi) is 7.72. The van der Waals surface area contributed by atoms with Crippen LogP contribution in [0.25, 0.3) is 0 Å². The number of halogens is 2. The molecule has 9 heteroatoms. The van der Waals surface area contributed by atoms with Gasteiger partial charge in [0.1, 0.15) is 17.7 Å². The van der Waals surface area contributed by atoms with Gasteiger partial charge in [0.15, 0.2) is 0 Å². The number of hydrogen-bond donors (Lipinski definition) is 2. The van der Waals surface area contributed by atoms with Crippen LogP contribution in [0.2, 0.25) is 10.0 Å². The second kappa shape index (κ2) is 10.3. The third-order valence-electron chi connectivity index (χ3n) is 5.25. The van der Waals surface area contributed by atoms with Gasteiger partial charge in [0.05, 0.1) is 10.6 Å². The Morgan fingerprint density at radius 3 is 2.70 bits per heavy atom. The molecule has 2 aromatic rings. The van der Waals surface area contributed by atoms with Gasteiger partial charge in [-0.25, -0.2) is 0 Å². The van der Waals surface area contributed by atoms with Crippen molar-refractivity contribution in [2.45, 2.75) is 58.5 Å². The van der Waals surface area contributed by atoms with Crippen LogP contribution in [0.3, 0.4) is 0 Å². The molecule has 0 bridgehead atoms. The molecule has 0 radical (unpaired) electrons. The summed E-state index contributed by atoms with van der Waals surface area (Å²) in [6.45, 7) is 5.12. The lowest BCUT2D eigenvalue weighted by atomic mass is 10.0. The van der Waals surface area contributed by atoms with Crippen molar-refractivity contribution in [1.29, 1.82) is 0 Å². The molecular weight excluding hydrogens is 425 g/mol. The summed E-state index contributed by atoms with van der Waals surface area (Å²) in [6.07, 6.45) is 5.02. The monoisotopic (exact) mass is 451 g/mol. The van der Waals surface area contributed by atoms with Crippen LogP contribution < -0.4 is 10.6 Å². The SMILES string of the molecule is CC(C)C(NC(=O)c1ccc(Cl)cc1Cl)C(=O)NCCc1nnc2n1CCCCC2. The van der Waals surface area contributed by atoms with Crippen LogP contribution in [-0.2, 0) is 24.2 Å². The van der Waals surface area contributed by atoms with E-state index in [-0.39, 0.29) is 22.4 Å². The van der Waals surface area contributed by atoms with Crippen molar-refractivity contribution >= 4 is 35.0 Å². The molecule has 1 aliphatic rings. The van der Waals surface area contributed by atoms with Gasteiger partial charge in [-0.2, -0.15) is 0 Å². The van der Waals surface area contributed by atoms with Crippen LogP contribution in [0.1, 0.15) is 55.1 Å². The first-order valence-electron chi connectivity index (χ1n) is 10.3. The number of amides is 2. The van der Waals surface area contributed by atoms with Crippen LogP contribution >= 0.6 is 23.2 Å². The Labute approximate surface area is 186 Å². The Balaban J connectivity index is 1.58. The van der Waals surface area contributed by atoms with E-state index < -0.39 is 11.9 Å². The summed E-state index contributed by atoms with van der Waals surface area (Å²) in [5.41, 5.74) is 0.283. The van der Waals surface area contributed by atoms with Crippen molar-refractivity contribution in [3.05, 3.63) is 45.5 Å². The summed E-state index contributed by atoms with van der Waals surface area (Å²) in [5.74, 6) is 1.18. The highest BCUT2D eigenvalue weighted by Gasteiger charge is 2.25. The molecule has 0 aliphatic carbocycles. The quantitative estimate of drug-likeness (QED) is 0.674. The zero-order valence-electron chi connectivity index (χ0n) is 17.3. The lowest BCUT2D eigenvalue weighted by Gasteiger charge is -2.22. The zero-order valence-corrected chi connectivity index (χ0v) is 18.8. The maximum Gasteiger partial charge on any atom is 0.253 e. The summed E-state index contributed by atoms with van der Waals surface area (Å²) < 4.78 is 2.17. The fourth-order valence-electron chi connectivity index (χ4n) is 3.57. The Morgan fingerprint density at radius 1 is 1.17 bits per heavy atom. The standard InChI is InChI=1S/C21H27Cl2N5O2/c1-13(2)19(25-20(29)15-8-7-14(22)12-16(15)23)21(30)24-10-9-18-27-26-17-6-4-3-5-11-28(17)18/h7-8,12-13,19H,3-6,9-11H2,1-2H3,(H,24,30)(H,25,29). The van der Waals surface area contributed by atoms with E-state index in [0.717, 1.165) is 37.5 Å². The normalized spacial score (nSPS) is 14.7. The van der Waals surface area contributed by atoms with Crippen molar-refractivity contribution < 1.29 is 9.59 Å². The van der Waals surface area contributed by atoms with Crippen molar-refractivity contribution in [3.8, 4) is 0 Å². The minimum Gasteiger partial charge on any atom is -0.354 e. The molecule has 2 heterocycles. The molecule has 162 valence electrons. The predicted octanol–water partition coefficient (Wildman–Crippen LogP) is 3.42. The van der Waals surface area contributed by atoms with Gasteiger partial charge < -0.3 is 15.2 Å². The third-order valence-corrected chi connectivity index (χ3v) is 5.79. The number of carbonyl (C=O) groups excluding carboxylic acids is 2. The minimum absolute atomic E-state index is 0.0932. The molecule has 0 spiro atoms. The third kappa shape index (κ3) is 5.52. The first kappa shape index (κ1) is 22.6. The summed E-state index contributed by atoms with van der Waals surface area (Å²) in [4.78, 5) is 25.3. The average molecular weight is 452 g/mol. The number of hydrogen-bond acceptors (Lipinski definition) is 4. The number of fused-ring (bicyclic) bond motifs is 1. The second-order valence-corrected chi connectivity index (χ2v) is 8.70. The van der Waals surface area contributed by atoms with E-state index >= 15 is 0 Å². The molecule has 0 saturated heterocycles. The molecule has 3 rings (SSSR count). The minimum atomic E-state index is -0.681. The van der Waals surface area contributed by atoms with E-state index in [4.69, 9.17) is 23.2 Å². The van der Waals surface area contributed by atoms with Crippen LogP contribution in [0, 0.1) is 5.92 Å². The van der Waals surface area contributed by atoms with Crippen molar-refractivity contribution in [2.75, 3.05) is 6.54 Å². The fourth-order valence-corrected chi connectivity index (χ4v) is 4.06. The number of benzene rings is 1. The summed E-state index contributed by atoms with van der Waals surface area (Å²) in [7, 11) is 0. The predicted molar refractivity (Wildman–Crippen MR) is 117 cm³/mol. The van der Waals surface area contributed by atoms with Crippen LogP contribution in [0.15, 0.2) is 18.2 Å². The summed E-state index contributed by atoms with van der Waals surface area (Å²) >= 11 is 12.0. The fraction of sp³-hybridized carbons (Fsp3) is 0.524. The lowest BCUT2D eigenvalue weighted by molar-refractivity contribution is -0.123.